The fourth-order valence-electron chi connectivity index (χ4n) is 2.43. The largest absolute Gasteiger partial charge is 0.356 e. The van der Waals surface area contributed by atoms with Gasteiger partial charge >= 0.3 is 0 Å². The van der Waals surface area contributed by atoms with E-state index in [0.717, 1.165) is 5.56 Å². The average Bonchev–Trinajstić information content (AvgIpc) is 3.09. The summed E-state index contributed by atoms with van der Waals surface area (Å²) in [7, 11) is 0. The molecule has 0 aliphatic carbocycles. The Morgan fingerprint density at radius 1 is 1.04 bits per heavy atom. The van der Waals surface area contributed by atoms with E-state index in [9.17, 15) is 9.59 Å². The van der Waals surface area contributed by atoms with E-state index in [1.54, 1.807) is 24.3 Å². The van der Waals surface area contributed by atoms with Gasteiger partial charge in [0.1, 0.15) is 5.69 Å². The summed E-state index contributed by atoms with van der Waals surface area (Å²) in [4.78, 5) is 23.2. The van der Waals surface area contributed by atoms with Gasteiger partial charge in [0.2, 0.25) is 5.91 Å². The van der Waals surface area contributed by atoms with Crippen LogP contribution < -0.4 is 10.6 Å². The van der Waals surface area contributed by atoms with Crippen molar-refractivity contribution < 1.29 is 14.1 Å². The number of aryl methyl sites for hydroxylation is 1. The van der Waals surface area contributed by atoms with Crippen molar-refractivity contribution in [3.05, 3.63) is 71.4 Å². The van der Waals surface area contributed by atoms with E-state index in [2.05, 4.69) is 15.8 Å². The Morgan fingerprint density at radius 3 is 2.38 bits per heavy atom. The molecule has 0 spiro atoms. The van der Waals surface area contributed by atoms with Crippen LogP contribution >= 0.6 is 0 Å². The number of nitrogens with zero attached hydrogens (tertiary/aromatic N) is 1. The van der Waals surface area contributed by atoms with Crippen LogP contribution in [-0.4, -0.2) is 17.0 Å². The van der Waals surface area contributed by atoms with Crippen LogP contribution in [0.25, 0.3) is 11.3 Å². The second-order valence-electron chi connectivity index (χ2n) is 5.99. The quantitative estimate of drug-likeness (QED) is 0.738. The van der Waals surface area contributed by atoms with Gasteiger partial charge in [-0.2, -0.15) is 0 Å². The normalized spacial score (nSPS) is 10.4. The van der Waals surface area contributed by atoms with Crippen LogP contribution in [0.15, 0.2) is 59.1 Å². The number of aromatic nitrogens is 1. The molecule has 0 atom stereocenters. The maximum atomic E-state index is 12.2. The third kappa shape index (κ3) is 4.36. The molecule has 1 aromatic heterocycles. The van der Waals surface area contributed by atoms with E-state index in [1.807, 2.05) is 37.3 Å². The first-order valence-electron chi connectivity index (χ1n) is 8.20. The molecule has 132 valence electrons. The molecule has 26 heavy (non-hydrogen) atoms. The predicted octanol–water partition coefficient (Wildman–Crippen LogP) is 3.54. The van der Waals surface area contributed by atoms with Crippen molar-refractivity contribution in [2.45, 2.75) is 20.4 Å². The first-order valence-corrected chi connectivity index (χ1v) is 8.20. The zero-order chi connectivity index (χ0) is 18.5. The summed E-state index contributed by atoms with van der Waals surface area (Å²) < 4.78 is 5.34. The fourth-order valence-corrected chi connectivity index (χ4v) is 2.43. The van der Waals surface area contributed by atoms with Gasteiger partial charge in [-0.15, -0.1) is 0 Å². The molecule has 0 fully saturated rings. The highest BCUT2D eigenvalue weighted by Gasteiger charge is 2.10. The van der Waals surface area contributed by atoms with Gasteiger partial charge < -0.3 is 15.2 Å². The molecule has 2 aromatic carbocycles. The van der Waals surface area contributed by atoms with E-state index in [4.69, 9.17) is 4.52 Å². The van der Waals surface area contributed by atoms with Crippen LogP contribution in [0.5, 0.6) is 0 Å². The number of carbonyl (C=O) groups is 2. The van der Waals surface area contributed by atoms with E-state index in [-0.39, 0.29) is 18.4 Å². The maximum absolute atomic E-state index is 12.2. The van der Waals surface area contributed by atoms with Crippen LogP contribution in [0.2, 0.25) is 0 Å². The zero-order valence-corrected chi connectivity index (χ0v) is 14.6. The van der Waals surface area contributed by atoms with Gasteiger partial charge in [-0.1, -0.05) is 35.0 Å². The Morgan fingerprint density at radius 2 is 1.73 bits per heavy atom. The molecule has 0 saturated carbocycles. The second-order valence-corrected chi connectivity index (χ2v) is 5.99. The Kier molecular flexibility index (Phi) is 5.12. The van der Waals surface area contributed by atoms with E-state index < -0.39 is 0 Å². The lowest BCUT2D eigenvalue weighted by atomic mass is 10.1. The second kappa shape index (κ2) is 7.65. The van der Waals surface area contributed by atoms with Crippen molar-refractivity contribution in [3.63, 3.8) is 0 Å². The molecule has 2 amide bonds. The van der Waals surface area contributed by atoms with Gasteiger partial charge in [0.15, 0.2) is 5.76 Å². The van der Waals surface area contributed by atoms with Gasteiger partial charge in [-0.05, 0) is 31.2 Å². The predicted molar refractivity (Wildman–Crippen MR) is 98.6 cm³/mol. The highest BCUT2D eigenvalue weighted by atomic mass is 16.5. The number of benzene rings is 2. The number of carbonyl (C=O) groups excluding carboxylic acids is 2. The van der Waals surface area contributed by atoms with Gasteiger partial charge in [-0.3, -0.25) is 9.59 Å². The molecule has 6 heteroatoms. The van der Waals surface area contributed by atoms with Crippen molar-refractivity contribution in [3.8, 4) is 11.3 Å². The Labute approximate surface area is 151 Å². The monoisotopic (exact) mass is 349 g/mol. The molecule has 0 bridgehead atoms. The zero-order valence-electron chi connectivity index (χ0n) is 14.6. The van der Waals surface area contributed by atoms with E-state index in [1.165, 1.54) is 12.5 Å². The standard InChI is InChI=1S/C20H19N3O3/c1-13-3-5-15(6-4-13)19-11-18(23-26-19)12-21-20(25)16-7-9-17(10-8-16)22-14(2)24/h3-11H,12H2,1-2H3,(H,21,25)(H,22,24). The number of amides is 2. The number of hydrogen-bond acceptors (Lipinski definition) is 4. The summed E-state index contributed by atoms with van der Waals surface area (Å²) in [5.74, 6) is 0.283. The Bertz CT molecular complexity index is 912. The van der Waals surface area contributed by atoms with Crippen molar-refractivity contribution in [2.24, 2.45) is 0 Å². The Balaban J connectivity index is 1.59. The molecule has 0 aliphatic rings. The van der Waals surface area contributed by atoms with E-state index >= 15 is 0 Å². The fraction of sp³-hybridized carbons (Fsp3) is 0.150. The van der Waals surface area contributed by atoms with Crippen LogP contribution in [0.4, 0.5) is 5.69 Å². The van der Waals surface area contributed by atoms with Crippen LogP contribution in [0.3, 0.4) is 0 Å². The van der Waals surface area contributed by atoms with Crippen molar-refractivity contribution in [2.75, 3.05) is 5.32 Å². The van der Waals surface area contributed by atoms with Crippen molar-refractivity contribution in [1.29, 1.82) is 0 Å². The minimum atomic E-state index is -0.223. The molecule has 0 unspecified atom stereocenters. The summed E-state index contributed by atoms with van der Waals surface area (Å²) in [5, 5.41) is 9.45. The molecule has 6 nitrogen and oxygen atoms in total. The first kappa shape index (κ1) is 17.4. The molecule has 3 rings (SSSR count). The SMILES string of the molecule is CC(=O)Nc1ccc(C(=O)NCc2cc(-c3ccc(C)cc3)on2)cc1. The number of nitrogens with one attached hydrogen (secondary N) is 2. The summed E-state index contributed by atoms with van der Waals surface area (Å²) >= 11 is 0. The smallest absolute Gasteiger partial charge is 0.251 e. The highest BCUT2D eigenvalue weighted by molar-refractivity contribution is 5.95. The van der Waals surface area contributed by atoms with Gasteiger partial charge in [-0.25, -0.2) is 0 Å². The van der Waals surface area contributed by atoms with Crippen LogP contribution in [0.1, 0.15) is 28.5 Å². The third-order valence-corrected chi connectivity index (χ3v) is 3.79. The number of anilines is 1. The topological polar surface area (TPSA) is 84.2 Å². The van der Waals surface area contributed by atoms with Crippen molar-refractivity contribution >= 4 is 17.5 Å². The third-order valence-electron chi connectivity index (χ3n) is 3.79. The molecule has 0 radical (unpaired) electrons. The minimum absolute atomic E-state index is 0.155. The van der Waals surface area contributed by atoms with Crippen LogP contribution in [-0.2, 0) is 11.3 Å². The van der Waals surface area contributed by atoms with Crippen LogP contribution in [0, 0.1) is 6.92 Å². The minimum Gasteiger partial charge on any atom is -0.356 e. The van der Waals surface area contributed by atoms with E-state index in [0.29, 0.717) is 22.7 Å². The van der Waals surface area contributed by atoms with Gasteiger partial charge in [0.05, 0.1) is 6.54 Å². The molecule has 3 aromatic rings. The van der Waals surface area contributed by atoms with Gasteiger partial charge in [0.25, 0.3) is 5.91 Å². The molecule has 1 heterocycles. The number of hydrogen-bond donors (Lipinski definition) is 2. The molecule has 2 N–H and O–H groups in total. The summed E-state index contributed by atoms with van der Waals surface area (Å²) in [6, 6.07) is 16.4. The molecule has 0 aliphatic heterocycles. The molecular formula is C20H19N3O3. The summed E-state index contributed by atoms with van der Waals surface area (Å²) in [5.41, 5.74) is 3.90. The van der Waals surface area contributed by atoms with Gasteiger partial charge in [0, 0.05) is 29.8 Å². The lowest BCUT2D eigenvalue weighted by Crippen LogP contribution is -2.22. The first-order chi connectivity index (χ1) is 12.5. The maximum Gasteiger partial charge on any atom is 0.251 e. The molecule has 0 saturated heterocycles. The average molecular weight is 349 g/mol. The highest BCUT2D eigenvalue weighted by Crippen LogP contribution is 2.20. The lowest BCUT2D eigenvalue weighted by molar-refractivity contribution is -0.114. The summed E-state index contributed by atoms with van der Waals surface area (Å²) in [6.07, 6.45) is 0. The lowest BCUT2D eigenvalue weighted by Gasteiger charge is -2.05. The van der Waals surface area contributed by atoms with Crippen molar-refractivity contribution in [1.82, 2.24) is 10.5 Å². The molecular weight excluding hydrogens is 330 g/mol. The summed E-state index contributed by atoms with van der Waals surface area (Å²) in [6.45, 7) is 3.72. The number of rotatable bonds is 5. The Hall–Kier alpha value is -3.41.